The summed E-state index contributed by atoms with van der Waals surface area (Å²) < 4.78 is 2.25. The van der Waals surface area contributed by atoms with Gasteiger partial charge in [0.15, 0.2) is 0 Å². The summed E-state index contributed by atoms with van der Waals surface area (Å²) in [7, 11) is 0. The second kappa shape index (κ2) is 7.90. The minimum atomic E-state index is 0.0213. The molecule has 3 nitrogen and oxygen atoms in total. The molecule has 0 spiro atoms. The van der Waals surface area contributed by atoms with Crippen molar-refractivity contribution in [2.75, 3.05) is 0 Å². The van der Waals surface area contributed by atoms with Crippen LogP contribution in [-0.4, -0.2) is 10.9 Å². The van der Waals surface area contributed by atoms with Gasteiger partial charge in [0.05, 0.1) is 21.3 Å². The van der Waals surface area contributed by atoms with E-state index in [2.05, 4.69) is 32.3 Å². The number of fused-ring (bicyclic) bond motifs is 1. The maximum Gasteiger partial charge on any atom is 0.220 e. The third kappa shape index (κ3) is 4.42. The Morgan fingerprint density at radius 3 is 2.71 bits per heavy atom. The Bertz CT molecular complexity index is 796. The predicted molar refractivity (Wildman–Crippen MR) is 103 cm³/mol. The van der Waals surface area contributed by atoms with Crippen LogP contribution in [0.1, 0.15) is 36.4 Å². The summed E-state index contributed by atoms with van der Waals surface area (Å²) >= 11 is 5.14. The molecule has 0 aliphatic rings. The quantitative estimate of drug-likeness (QED) is 0.610. The lowest BCUT2D eigenvalue weighted by Crippen LogP contribution is -2.26. The number of carbonyl (C=O) groups is 1. The van der Waals surface area contributed by atoms with Gasteiger partial charge in [-0.05, 0) is 49.6 Å². The number of amides is 1. The van der Waals surface area contributed by atoms with Gasteiger partial charge in [-0.1, -0.05) is 40.2 Å². The van der Waals surface area contributed by atoms with Gasteiger partial charge in [-0.2, -0.15) is 0 Å². The smallest absolute Gasteiger partial charge is 0.220 e. The molecule has 0 bridgehead atoms. The number of thiazole rings is 1. The van der Waals surface area contributed by atoms with Gasteiger partial charge in [-0.25, -0.2) is 4.98 Å². The van der Waals surface area contributed by atoms with E-state index in [1.165, 1.54) is 4.70 Å². The Morgan fingerprint density at radius 1 is 1.21 bits per heavy atom. The van der Waals surface area contributed by atoms with E-state index in [0.717, 1.165) is 33.4 Å². The summed E-state index contributed by atoms with van der Waals surface area (Å²) in [5.41, 5.74) is 2.16. The molecule has 1 heterocycles. The van der Waals surface area contributed by atoms with Crippen molar-refractivity contribution in [1.29, 1.82) is 0 Å². The van der Waals surface area contributed by atoms with Crippen molar-refractivity contribution in [3.05, 3.63) is 63.6 Å². The Labute approximate surface area is 154 Å². The molecule has 0 saturated carbocycles. The molecule has 5 heteroatoms. The number of carbonyl (C=O) groups excluding carboxylic acids is 1. The highest BCUT2D eigenvalue weighted by atomic mass is 79.9. The first-order chi connectivity index (χ1) is 11.6. The first-order valence-corrected chi connectivity index (χ1v) is 9.62. The molecule has 1 aromatic heterocycles. The molecule has 1 N–H and O–H groups in total. The first kappa shape index (κ1) is 17.1. The van der Waals surface area contributed by atoms with Crippen molar-refractivity contribution in [3.8, 4) is 0 Å². The molecule has 24 heavy (non-hydrogen) atoms. The lowest BCUT2D eigenvalue weighted by Gasteiger charge is -2.14. The molecule has 0 aliphatic carbocycles. The minimum absolute atomic E-state index is 0.0213. The second-order valence-corrected chi connectivity index (χ2v) is 7.80. The van der Waals surface area contributed by atoms with Crippen LogP contribution in [0.2, 0.25) is 0 Å². The number of nitrogens with one attached hydrogen (secondary N) is 1. The molecular formula is C19H19BrN2OS. The molecule has 1 amide bonds. The van der Waals surface area contributed by atoms with Crippen LogP contribution in [-0.2, 0) is 11.2 Å². The van der Waals surface area contributed by atoms with Gasteiger partial charge in [-0.3, -0.25) is 4.79 Å². The van der Waals surface area contributed by atoms with E-state index >= 15 is 0 Å². The fourth-order valence-electron chi connectivity index (χ4n) is 2.58. The van der Waals surface area contributed by atoms with Crippen molar-refractivity contribution >= 4 is 43.4 Å². The van der Waals surface area contributed by atoms with E-state index in [4.69, 9.17) is 0 Å². The van der Waals surface area contributed by atoms with Crippen molar-refractivity contribution in [2.24, 2.45) is 0 Å². The number of aromatic nitrogens is 1. The summed E-state index contributed by atoms with van der Waals surface area (Å²) in [5.74, 6) is 0.0894. The predicted octanol–water partition coefficient (Wildman–Crippen LogP) is 5.26. The van der Waals surface area contributed by atoms with E-state index in [1.54, 1.807) is 11.3 Å². The standard InChI is InChI=1S/C19H19BrN2OS/c1-13(14-9-11-15(20)12-10-14)21-18(23)7-4-8-19-22-16-5-2-3-6-17(16)24-19/h2-3,5-6,9-13H,4,7-8H2,1H3,(H,21,23). The Morgan fingerprint density at radius 2 is 1.96 bits per heavy atom. The number of hydrogen-bond acceptors (Lipinski definition) is 3. The van der Waals surface area contributed by atoms with E-state index in [1.807, 2.05) is 49.4 Å². The zero-order valence-electron chi connectivity index (χ0n) is 13.5. The Hall–Kier alpha value is -1.72. The largest absolute Gasteiger partial charge is 0.350 e. The SMILES string of the molecule is CC(NC(=O)CCCc1nc2ccccc2s1)c1ccc(Br)cc1. The molecular weight excluding hydrogens is 384 g/mol. The monoisotopic (exact) mass is 402 g/mol. The Kier molecular flexibility index (Phi) is 5.63. The van der Waals surface area contributed by atoms with Crippen LogP contribution in [0.5, 0.6) is 0 Å². The number of halogens is 1. The first-order valence-electron chi connectivity index (χ1n) is 8.01. The van der Waals surface area contributed by atoms with Gasteiger partial charge >= 0.3 is 0 Å². The van der Waals surface area contributed by atoms with Gasteiger partial charge in [0.25, 0.3) is 0 Å². The average molecular weight is 403 g/mol. The van der Waals surface area contributed by atoms with E-state index < -0.39 is 0 Å². The Balaban J connectivity index is 1.47. The zero-order chi connectivity index (χ0) is 16.9. The molecule has 124 valence electrons. The third-order valence-corrected chi connectivity index (χ3v) is 5.50. The number of benzene rings is 2. The molecule has 1 atom stereocenters. The number of rotatable bonds is 6. The molecule has 3 aromatic rings. The van der Waals surface area contributed by atoms with Crippen molar-refractivity contribution < 1.29 is 4.79 Å². The number of nitrogens with zero attached hydrogens (tertiary/aromatic N) is 1. The number of aryl methyl sites for hydroxylation is 1. The second-order valence-electron chi connectivity index (χ2n) is 5.77. The zero-order valence-corrected chi connectivity index (χ0v) is 15.9. The molecule has 1 unspecified atom stereocenters. The summed E-state index contributed by atoms with van der Waals surface area (Å²) in [6.07, 6.45) is 2.19. The summed E-state index contributed by atoms with van der Waals surface area (Å²) in [6, 6.07) is 16.2. The van der Waals surface area contributed by atoms with Crippen LogP contribution in [0.25, 0.3) is 10.2 Å². The number of para-hydroxylation sites is 1. The fourth-order valence-corrected chi connectivity index (χ4v) is 3.85. The van der Waals surface area contributed by atoms with Crippen LogP contribution in [0.3, 0.4) is 0 Å². The highest BCUT2D eigenvalue weighted by Crippen LogP contribution is 2.23. The van der Waals surface area contributed by atoms with Crippen molar-refractivity contribution in [3.63, 3.8) is 0 Å². The highest BCUT2D eigenvalue weighted by Gasteiger charge is 2.10. The van der Waals surface area contributed by atoms with Crippen molar-refractivity contribution in [2.45, 2.75) is 32.2 Å². The third-order valence-electron chi connectivity index (χ3n) is 3.88. The van der Waals surface area contributed by atoms with Gasteiger partial charge in [0, 0.05) is 10.9 Å². The van der Waals surface area contributed by atoms with Crippen LogP contribution < -0.4 is 5.32 Å². The maximum atomic E-state index is 12.1. The van der Waals surface area contributed by atoms with E-state index in [9.17, 15) is 4.79 Å². The topological polar surface area (TPSA) is 42.0 Å². The number of hydrogen-bond donors (Lipinski definition) is 1. The molecule has 0 saturated heterocycles. The van der Waals surface area contributed by atoms with Crippen LogP contribution in [0, 0.1) is 0 Å². The highest BCUT2D eigenvalue weighted by molar-refractivity contribution is 9.10. The van der Waals surface area contributed by atoms with Gasteiger partial charge in [0.2, 0.25) is 5.91 Å². The van der Waals surface area contributed by atoms with Gasteiger partial charge in [-0.15, -0.1) is 11.3 Å². The summed E-state index contributed by atoms with van der Waals surface area (Å²) in [5, 5.41) is 4.16. The van der Waals surface area contributed by atoms with Crippen LogP contribution in [0.15, 0.2) is 53.0 Å². The maximum absolute atomic E-state index is 12.1. The minimum Gasteiger partial charge on any atom is -0.350 e. The van der Waals surface area contributed by atoms with Crippen LogP contribution >= 0.6 is 27.3 Å². The van der Waals surface area contributed by atoms with Gasteiger partial charge in [0.1, 0.15) is 0 Å². The fraction of sp³-hybridized carbons (Fsp3) is 0.263. The molecule has 0 fully saturated rings. The summed E-state index contributed by atoms with van der Waals surface area (Å²) in [4.78, 5) is 16.7. The van der Waals surface area contributed by atoms with E-state index in [-0.39, 0.29) is 11.9 Å². The van der Waals surface area contributed by atoms with E-state index in [0.29, 0.717) is 6.42 Å². The normalized spacial score (nSPS) is 12.2. The van der Waals surface area contributed by atoms with Gasteiger partial charge < -0.3 is 5.32 Å². The van der Waals surface area contributed by atoms with Crippen LogP contribution in [0.4, 0.5) is 0 Å². The summed E-state index contributed by atoms with van der Waals surface area (Å²) in [6.45, 7) is 2.01. The molecule has 0 aliphatic heterocycles. The lowest BCUT2D eigenvalue weighted by molar-refractivity contribution is -0.121. The molecule has 2 aromatic carbocycles. The molecule has 0 radical (unpaired) electrons. The molecule has 3 rings (SSSR count). The average Bonchev–Trinajstić information content (AvgIpc) is 2.98. The van der Waals surface area contributed by atoms with Crippen molar-refractivity contribution in [1.82, 2.24) is 10.3 Å². The lowest BCUT2D eigenvalue weighted by atomic mass is 10.1.